The summed E-state index contributed by atoms with van der Waals surface area (Å²) in [6.45, 7) is 51.9. The molecular weight excluding hydrogens is 1680 g/mol. The van der Waals surface area contributed by atoms with Crippen LogP contribution in [0.2, 0.25) is 0 Å². The Morgan fingerprint density at radius 1 is 0.290 bits per heavy atom. The van der Waals surface area contributed by atoms with Gasteiger partial charge in [0, 0.05) is 132 Å². The van der Waals surface area contributed by atoms with E-state index in [-0.39, 0.29) is 43.3 Å². The van der Waals surface area contributed by atoms with Crippen LogP contribution in [-0.2, 0) is 43.3 Å². The first-order valence-corrected chi connectivity index (χ1v) is 49.1. The average Bonchev–Trinajstić information content (AvgIpc) is 1.50. The van der Waals surface area contributed by atoms with Crippen LogP contribution >= 0.6 is 0 Å². The van der Waals surface area contributed by atoms with Crippen molar-refractivity contribution < 1.29 is 0 Å². The molecule has 26 rings (SSSR count). The molecule has 0 unspecified atom stereocenters. The Morgan fingerprint density at radius 3 is 1.15 bits per heavy atom. The Balaban J connectivity index is 0.000000113. The Hall–Kier alpha value is -14.6. The standard InChI is InChI=1S/C44H44N4.C43H39N3.C41H32N2O/c1-25-15-11-12-20-33(25)48-34-22-21-27(42(2,3)4)24-32(34)37-29-18-13-16-26-23-31(28-17-14-19-30(38(37)48)36(28)35(26)29)39-45-40(43(5,6)7)47-41(46-39)44(8,9)10;1-41(2,3)24-20-21-32-30(22-24)35-26-16-12-18-28-33(26)34-27(17-13-19-29(34)39(35)46(32)25-14-10-9-11-15-25)36-37(28)43(7,8)31-23-44-40(42(4,5)6)45-38(31)36;1-40(2,3)23-17-20-33-31(21-23)37-28-14-9-15-29-34(28)35-27(13-10-16-30(35)39(37)43(33)25-11-7-6-8-12-25)36-26-19-18-24(42-44)22-32(26)41(4,5)38(29)36/h11-24H,1-10H3;9-23H,1-8H3;6-22H,1-5H3. The highest BCUT2D eigenvalue weighted by Gasteiger charge is 2.44. The van der Waals surface area contributed by atoms with Crippen LogP contribution in [0.4, 0.5) is 5.69 Å². The minimum atomic E-state index is -0.286. The van der Waals surface area contributed by atoms with E-state index < -0.39 is 0 Å². The van der Waals surface area contributed by atoms with Crippen molar-refractivity contribution in [3.05, 3.63) is 346 Å². The van der Waals surface area contributed by atoms with Gasteiger partial charge < -0.3 is 13.7 Å². The summed E-state index contributed by atoms with van der Waals surface area (Å²) in [6.07, 6.45) is 2.10. The molecule has 19 aromatic carbocycles. The number of nitrogens with zero attached hydrogens (tertiary/aromatic N) is 9. The summed E-state index contributed by atoms with van der Waals surface area (Å²) < 4.78 is 7.48. The van der Waals surface area contributed by atoms with Crippen LogP contribution in [0.1, 0.15) is 214 Å². The maximum Gasteiger partial charge on any atom is 0.164 e. The molecule has 10 heteroatoms. The molecule has 10 nitrogen and oxygen atoms in total. The molecule has 0 N–H and O–H groups in total. The second-order valence-corrected chi connectivity index (χ2v) is 46.6. The topological polar surface area (TPSA) is 109 Å². The minimum absolute atomic E-state index is 0.0281. The van der Waals surface area contributed by atoms with Gasteiger partial charge in [-0.1, -0.05) is 340 Å². The predicted octanol–water partition coefficient (Wildman–Crippen LogP) is 34.8. The van der Waals surface area contributed by atoms with E-state index in [2.05, 4.69) is 445 Å². The number of aryl methyl sites for hydroxylation is 1. The van der Waals surface area contributed by atoms with Gasteiger partial charge >= 0.3 is 0 Å². The zero-order valence-corrected chi connectivity index (χ0v) is 83.5. The SMILES string of the molecule is CC(C)(C)c1ccc2c(c1)c1c3cccc4c5c(c6cccc(c6c43)c1n2-c1ccccc1)-c1ccc(N=O)cc1C5(C)C.CC(C)(C)c1ccc2c(c1)c1c3cccc4c5c(c6cccc(c6c43)c1n2-c1ccccc1)-c1nc(C(C)(C)C)ncc1C5(C)C.Cc1ccccc1-n1c2ccc(C(C)(C)C)cc2c2c3cccc4cc(-c5nc(C(C)(C)C)nc(C(C)(C)C)n5)c5cccc(c5c43)c21. The van der Waals surface area contributed by atoms with Crippen LogP contribution in [0.15, 0.2) is 284 Å². The van der Waals surface area contributed by atoms with Gasteiger partial charge in [-0.05, 0) is 228 Å². The summed E-state index contributed by atoms with van der Waals surface area (Å²) in [5.41, 5.74) is 26.7. The number of nitroso groups, excluding NO2 is 1. The lowest BCUT2D eigenvalue weighted by molar-refractivity contribution is 0.497. The monoisotopic (exact) mass is 1790 g/mol. The quantitative estimate of drug-likeness (QED) is 0.125. The maximum atomic E-state index is 11.6. The van der Waals surface area contributed by atoms with Gasteiger partial charge in [0.2, 0.25) is 0 Å². The van der Waals surface area contributed by atoms with Crippen LogP contribution in [0.5, 0.6) is 0 Å². The molecule has 0 amide bonds. The lowest BCUT2D eigenvalue weighted by atomic mass is 9.77. The van der Waals surface area contributed by atoms with Crippen molar-refractivity contribution in [3.8, 4) is 50.8 Å². The summed E-state index contributed by atoms with van der Waals surface area (Å²) in [5, 5.41) is 34.2. The number of aromatic nitrogens is 8. The van der Waals surface area contributed by atoms with Gasteiger partial charge in [0.25, 0.3) is 0 Å². The summed E-state index contributed by atoms with van der Waals surface area (Å²) >= 11 is 0. The van der Waals surface area contributed by atoms with E-state index in [1.165, 1.54) is 235 Å². The number of benzene rings is 19. The van der Waals surface area contributed by atoms with Crippen molar-refractivity contribution in [2.45, 2.75) is 203 Å². The molecule has 5 heterocycles. The lowest BCUT2D eigenvalue weighted by Gasteiger charge is -2.25. The Bertz CT molecular complexity index is 9300. The number of para-hydroxylation sites is 3. The molecule has 5 aromatic heterocycles. The van der Waals surface area contributed by atoms with Crippen molar-refractivity contribution in [2.24, 2.45) is 5.18 Å². The smallest absolute Gasteiger partial charge is 0.164 e. The second-order valence-electron chi connectivity index (χ2n) is 46.6. The van der Waals surface area contributed by atoms with Crippen molar-refractivity contribution >= 4 is 168 Å². The second kappa shape index (κ2) is 29.5. The van der Waals surface area contributed by atoms with E-state index in [9.17, 15) is 4.91 Å². The average molecular weight is 1800 g/mol. The molecule has 2 aliphatic rings. The molecule has 138 heavy (non-hydrogen) atoms. The van der Waals surface area contributed by atoms with E-state index in [1.807, 2.05) is 12.1 Å². The fourth-order valence-corrected chi connectivity index (χ4v) is 23.9. The molecule has 0 saturated heterocycles. The van der Waals surface area contributed by atoms with Crippen LogP contribution in [0.3, 0.4) is 0 Å². The van der Waals surface area contributed by atoms with Gasteiger partial charge in [-0.3, -0.25) is 0 Å². The summed E-state index contributed by atoms with van der Waals surface area (Å²) in [4.78, 5) is 37.2. The molecule has 24 aromatic rings. The Morgan fingerprint density at radius 2 is 0.681 bits per heavy atom. The molecule has 0 radical (unpaired) electrons. The molecule has 678 valence electrons. The van der Waals surface area contributed by atoms with Gasteiger partial charge in [0.05, 0.1) is 38.8 Å². The number of rotatable bonds is 5. The molecular formula is C128H115N9O. The van der Waals surface area contributed by atoms with Gasteiger partial charge in [0.1, 0.15) is 23.2 Å². The minimum Gasteiger partial charge on any atom is -0.309 e. The summed E-state index contributed by atoms with van der Waals surface area (Å²) in [7, 11) is 0. The largest absolute Gasteiger partial charge is 0.309 e. The van der Waals surface area contributed by atoms with Crippen LogP contribution < -0.4 is 0 Å². The number of fused-ring (bicyclic) bond motifs is 25. The number of hydrogen-bond acceptors (Lipinski definition) is 7. The molecule has 2 aliphatic carbocycles. The van der Waals surface area contributed by atoms with E-state index in [0.29, 0.717) is 5.69 Å². The third kappa shape index (κ3) is 12.5. The van der Waals surface area contributed by atoms with Crippen molar-refractivity contribution in [1.29, 1.82) is 0 Å². The highest BCUT2D eigenvalue weighted by atomic mass is 16.3. The fraction of sp³-hybridized carbons (Fsp3) is 0.242. The van der Waals surface area contributed by atoms with Gasteiger partial charge in [0.15, 0.2) is 5.82 Å². The first-order chi connectivity index (χ1) is 65.7. The molecule has 0 saturated carbocycles. The highest BCUT2D eigenvalue weighted by Crippen LogP contribution is 2.61. The normalized spacial score (nSPS) is 14.1. The zero-order valence-electron chi connectivity index (χ0n) is 83.5. The number of hydrogen-bond donors (Lipinski definition) is 0. The third-order valence-corrected chi connectivity index (χ3v) is 30.7. The van der Waals surface area contributed by atoms with Crippen LogP contribution in [0.25, 0.3) is 213 Å². The fourth-order valence-electron chi connectivity index (χ4n) is 23.9. The van der Waals surface area contributed by atoms with Gasteiger partial charge in [-0.2, -0.15) is 0 Å². The molecule has 0 spiro atoms. The highest BCUT2D eigenvalue weighted by molar-refractivity contribution is 6.43. The van der Waals surface area contributed by atoms with E-state index >= 15 is 0 Å². The van der Waals surface area contributed by atoms with E-state index in [0.717, 1.165) is 40.2 Å². The van der Waals surface area contributed by atoms with Crippen LogP contribution in [0, 0.1) is 11.8 Å². The van der Waals surface area contributed by atoms with Crippen molar-refractivity contribution in [1.82, 2.24) is 38.6 Å². The van der Waals surface area contributed by atoms with E-state index in [4.69, 9.17) is 24.9 Å². The van der Waals surface area contributed by atoms with Crippen LogP contribution in [-0.4, -0.2) is 38.6 Å². The Kier molecular flexibility index (Phi) is 18.4. The van der Waals surface area contributed by atoms with Crippen molar-refractivity contribution in [2.75, 3.05) is 0 Å². The third-order valence-electron chi connectivity index (χ3n) is 30.7. The molecule has 0 fully saturated rings. The first kappa shape index (κ1) is 86.2. The maximum absolute atomic E-state index is 11.6. The molecule has 0 atom stereocenters. The summed E-state index contributed by atoms with van der Waals surface area (Å²) in [5.74, 6) is 3.27. The first-order valence-electron chi connectivity index (χ1n) is 49.1. The zero-order chi connectivity index (χ0) is 95.9. The summed E-state index contributed by atoms with van der Waals surface area (Å²) in [6, 6.07) is 101. The predicted molar refractivity (Wildman–Crippen MR) is 585 cm³/mol. The van der Waals surface area contributed by atoms with E-state index in [1.54, 1.807) is 0 Å². The lowest BCUT2D eigenvalue weighted by Crippen LogP contribution is -2.24. The molecule has 0 bridgehead atoms. The van der Waals surface area contributed by atoms with Gasteiger partial charge in [-0.25, -0.2) is 24.9 Å². The van der Waals surface area contributed by atoms with Crippen molar-refractivity contribution in [3.63, 3.8) is 0 Å². The Labute approximate surface area is 805 Å². The van der Waals surface area contributed by atoms with Gasteiger partial charge in [-0.15, -0.1) is 4.91 Å². The molecule has 0 aliphatic heterocycles.